The third kappa shape index (κ3) is 4.07. The summed E-state index contributed by atoms with van der Waals surface area (Å²) in [6.45, 7) is 5.76. The van der Waals surface area contributed by atoms with Gasteiger partial charge in [-0.3, -0.25) is 9.11 Å². The van der Waals surface area contributed by atoms with Gasteiger partial charge in [0.05, 0.1) is 17.7 Å². The molecule has 128 valence electrons. The molecule has 3 saturated heterocycles. The van der Waals surface area contributed by atoms with E-state index in [1.807, 2.05) is 0 Å². The first-order chi connectivity index (χ1) is 10.6. The Kier molecular flexibility index (Phi) is 5.51. The third-order valence-corrected chi connectivity index (χ3v) is 7.61. The lowest BCUT2D eigenvalue weighted by atomic mass is 10.3. The molecule has 0 aliphatic carbocycles. The molecule has 0 aromatic rings. The second-order valence-electron chi connectivity index (χ2n) is 6.19. The van der Waals surface area contributed by atoms with Crippen molar-refractivity contribution >= 4 is 20.6 Å². The number of nitrogens with one attached hydrogen (secondary N) is 1. The molecule has 3 fully saturated rings. The highest BCUT2D eigenvalue weighted by Gasteiger charge is 2.34. The highest BCUT2D eigenvalue weighted by molar-refractivity contribution is 7.91. The molecule has 0 spiro atoms. The largest absolute Gasteiger partial charge is 0.314 e. The summed E-state index contributed by atoms with van der Waals surface area (Å²) in [5.74, 6) is 2.01. The summed E-state index contributed by atoms with van der Waals surface area (Å²) < 4.78 is 34.9. The average molecular weight is 351 g/mol. The van der Waals surface area contributed by atoms with Gasteiger partial charge in [-0.25, -0.2) is 18.4 Å². The average Bonchev–Trinajstić information content (AvgIpc) is 2.74. The van der Waals surface area contributed by atoms with Gasteiger partial charge in [0.2, 0.25) is 0 Å². The van der Waals surface area contributed by atoms with Gasteiger partial charge in [0.15, 0.2) is 9.84 Å². The van der Waals surface area contributed by atoms with Gasteiger partial charge in [-0.15, -0.1) is 0 Å². The molecule has 1 atom stereocenters. The van der Waals surface area contributed by atoms with Crippen LogP contribution in [0.25, 0.3) is 0 Å². The Balaban J connectivity index is 1.69. The third-order valence-electron chi connectivity index (χ3n) is 4.73. The van der Waals surface area contributed by atoms with Crippen molar-refractivity contribution in [2.45, 2.75) is 12.6 Å². The number of hydrogen-bond donors (Lipinski definition) is 1. The standard InChI is InChI=1S/C13H26N4O3S2/c18-21-8-4-15(5-9-21)13-12-14-2-1-3-17(13)16-6-10-22(19,20)11-7-16/h13-14H,1-12H2. The first-order valence-corrected chi connectivity index (χ1v) is 11.4. The van der Waals surface area contributed by atoms with Crippen molar-refractivity contribution in [2.24, 2.45) is 0 Å². The summed E-state index contributed by atoms with van der Waals surface area (Å²) in [6.07, 6.45) is 1.32. The van der Waals surface area contributed by atoms with Crippen LogP contribution in [0, 0.1) is 0 Å². The van der Waals surface area contributed by atoms with E-state index in [1.54, 1.807) is 0 Å². The zero-order valence-corrected chi connectivity index (χ0v) is 14.6. The van der Waals surface area contributed by atoms with E-state index in [0.717, 1.165) is 50.7 Å². The minimum atomic E-state index is -2.85. The maximum absolute atomic E-state index is 11.7. The predicted molar refractivity (Wildman–Crippen MR) is 87.7 cm³/mol. The molecule has 1 unspecified atom stereocenters. The highest BCUT2D eigenvalue weighted by atomic mass is 32.2. The van der Waals surface area contributed by atoms with Gasteiger partial charge in [-0.05, 0) is 13.0 Å². The molecule has 0 bridgehead atoms. The van der Waals surface area contributed by atoms with E-state index < -0.39 is 20.6 Å². The fourth-order valence-corrected chi connectivity index (χ4v) is 5.67. The van der Waals surface area contributed by atoms with E-state index in [2.05, 4.69) is 20.2 Å². The predicted octanol–water partition coefficient (Wildman–Crippen LogP) is -1.68. The molecule has 0 saturated carbocycles. The van der Waals surface area contributed by atoms with E-state index in [4.69, 9.17) is 0 Å². The molecule has 9 heteroatoms. The van der Waals surface area contributed by atoms with Crippen LogP contribution in [0.15, 0.2) is 0 Å². The van der Waals surface area contributed by atoms with Crippen molar-refractivity contribution in [2.75, 3.05) is 68.8 Å². The molecule has 3 aliphatic rings. The van der Waals surface area contributed by atoms with Gasteiger partial charge in [-0.1, -0.05) is 0 Å². The van der Waals surface area contributed by atoms with Crippen molar-refractivity contribution in [3.63, 3.8) is 0 Å². The topological polar surface area (TPSA) is 73.0 Å². The second kappa shape index (κ2) is 7.23. The molecular formula is C13H26N4O3S2. The van der Waals surface area contributed by atoms with Gasteiger partial charge in [-0.2, -0.15) is 0 Å². The number of hydrogen-bond acceptors (Lipinski definition) is 7. The molecule has 3 heterocycles. The molecule has 0 aromatic carbocycles. The Morgan fingerprint density at radius 2 is 1.68 bits per heavy atom. The molecule has 3 rings (SSSR count). The van der Waals surface area contributed by atoms with Crippen LogP contribution in [0.3, 0.4) is 0 Å². The maximum Gasteiger partial charge on any atom is 0.152 e. The molecule has 0 radical (unpaired) electrons. The first-order valence-electron chi connectivity index (χ1n) is 8.07. The summed E-state index contributed by atoms with van der Waals surface area (Å²) in [6, 6.07) is 0. The second-order valence-corrected chi connectivity index (χ2v) is 10.2. The molecule has 22 heavy (non-hydrogen) atoms. The van der Waals surface area contributed by atoms with E-state index in [-0.39, 0.29) is 17.7 Å². The van der Waals surface area contributed by atoms with Crippen LogP contribution in [-0.2, 0) is 20.6 Å². The molecule has 0 aromatic heterocycles. The Bertz CT molecular complexity index is 489. The SMILES string of the molecule is O=S1CCN(C2CNCCCN2N2CCS(=O)(=O)CC2)CC1. The smallest absolute Gasteiger partial charge is 0.152 e. The fraction of sp³-hybridized carbons (Fsp3) is 1.00. The highest BCUT2D eigenvalue weighted by Crippen LogP contribution is 2.17. The van der Waals surface area contributed by atoms with Crippen molar-refractivity contribution in [3.05, 3.63) is 0 Å². The minimum absolute atomic E-state index is 0.251. The summed E-state index contributed by atoms with van der Waals surface area (Å²) in [5.41, 5.74) is 0. The lowest BCUT2D eigenvalue weighted by Crippen LogP contribution is -2.62. The van der Waals surface area contributed by atoms with E-state index in [0.29, 0.717) is 13.1 Å². The molecule has 3 aliphatic heterocycles. The van der Waals surface area contributed by atoms with E-state index in [1.165, 1.54) is 0 Å². The van der Waals surface area contributed by atoms with Crippen LogP contribution >= 0.6 is 0 Å². The van der Waals surface area contributed by atoms with Crippen LogP contribution in [-0.4, -0.2) is 103 Å². The number of nitrogens with zero attached hydrogens (tertiary/aromatic N) is 3. The number of rotatable bonds is 2. The Labute approximate surface area is 135 Å². The van der Waals surface area contributed by atoms with Gasteiger partial charge in [0.25, 0.3) is 0 Å². The van der Waals surface area contributed by atoms with Gasteiger partial charge in [0.1, 0.15) is 0 Å². The summed E-state index contributed by atoms with van der Waals surface area (Å²) in [4.78, 5) is 2.41. The Hall–Kier alpha value is -0.0600. The zero-order chi connectivity index (χ0) is 15.6. The van der Waals surface area contributed by atoms with Crippen molar-refractivity contribution in [3.8, 4) is 0 Å². The monoisotopic (exact) mass is 350 g/mol. The van der Waals surface area contributed by atoms with Crippen LogP contribution in [0.5, 0.6) is 0 Å². The molecule has 1 N–H and O–H groups in total. The van der Waals surface area contributed by atoms with Crippen LogP contribution < -0.4 is 5.32 Å². The van der Waals surface area contributed by atoms with Crippen molar-refractivity contribution < 1.29 is 12.6 Å². The lowest BCUT2D eigenvalue weighted by molar-refractivity contribution is -0.102. The van der Waals surface area contributed by atoms with Crippen LogP contribution in [0.4, 0.5) is 0 Å². The van der Waals surface area contributed by atoms with E-state index >= 15 is 0 Å². The Morgan fingerprint density at radius 1 is 1.00 bits per heavy atom. The minimum Gasteiger partial charge on any atom is -0.314 e. The summed E-state index contributed by atoms with van der Waals surface area (Å²) >= 11 is 0. The van der Waals surface area contributed by atoms with Gasteiger partial charge >= 0.3 is 0 Å². The fourth-order valence-electron chi connectivity index (χ4n) is 3.41. The maximum atomic E-state index is 11.7. The van der Waals surface area contributed by atoms with Crippen molar-refractivity contribution in [1.29, 1.82) is 0 Å². The molecule has 7 nitrogen and oxygen atoms in total. The van der Waals surface area contributed by atoms with Crippen molar-refractivity contribution in [1.82, 2.24) is 20.2 Å². The van der Waals surface area contributed by atoms with Crippen LogP contribution in [0.1, 0.15) is 6.42 Å². The number of sulfone groups is 1. The summed E-state index contributed by atoms with van der Waals surface area (Å²) in [5, 5.41) is 8.08. The van der Waals surface area contributed by atoms with Crippen LogP contribution in [0.2, 0.25) is 0 Å². The molecule has 0 amide bonds. The Morgan fingerprint density at radius 3 is 2.36 bits per heavy atom. The van der Waals surface area contributed by atoms with Gasteiger partial charge in [0, 0.05) is 61.6 Å². The van der Waals surface area contributed by atoms with E-state index in [9.17, 15) is 12.6 Å². The normalized spacial score (nSPS) is 33.5. The summed E-state index contributed by atoms with van der Waals surface area (Å²) in [7, 11) is -3.52. The number of hydrazine groups is 1. The zero-order valence-electron chi connectivity index (χ0n) is 12.9. The molecular weight excluding hydrogens is 324 g/mol. The quantitative estimate of drug-likeness (QED) is 0.638. The lowest BCUT2D eigenvalue weighted by Gasteiger charge is -2.46. The first kappa shape index (κ1) is 16.8. The van der Waals surface area contributed by atoms with Gasteiger partial charge < -0.3 is 5.32 Å².